The number of hydrogen-bond donors (Lipinski definition) is 2. The zero-order valence-corrected chi connectivity index (χ0v) is 19.4. The van der Waals surface area contributed by atoms with Crippen molar-refractivity contribution in [2.24, 2.45) is 0 Å². The summed E-state index contributed by atoms with van der Waals surface area (Å²) in [6.07, 6.45) is 0.216. The number of benzene rings is 4. The van der Waals surface area contributed by atoms with Crippen LogP contribution in [0, 0.1) is 0 Å². The highest BCUT2D eigenvalue weighted by molar-refractivity contribution is 7.92. The second kappa shape index (κ2) is 10.2. The molecular weight excluding hydrogens is 448 g/mol. The van der Waals surface area contributed by atoms with Crippen LogP contribution >= 0.6 is 0 Å². The third kappa shape index (κ3) is 5.82. The average molecular weight is 473 g/mol. The average Bonchev–Trinajstić information content (AvgIpc) is 2.85. The Morgan fingerprint density at radius 2 is 1.32 bits per heavy atom. The summed E-state index contributed by atoms with van der Waals surface area (Å²) >= 11 is 0. The quantitative estimate of drug-likeness (QED) is 0.362. The topological polar surface area (TPSA) is 84.5 Å². The summed E-state index contributed by atoms with van der Waals surface area (Å²) in [5, 5.41) is 2.81. The summed E-state index contributed by atoms with van der Waals surface area (Å²) in [6, 6.07) is 30.5. The molecule has 0 saturated heterocycles. The van der Waals surface area contributed by atoms with Gasteiger partial charge in [-0.2, -0.15) is 0 Å². The molecule has 7 heteroatoms. The van der Waals surface area contributed by atoms with E-state index in [-0.39, 0.29) is 17.2 Å². The van der Waals surface area contributed by atoms with Gasteiger partial charge in [0.25, 0.3) is 10.0 Å². The smallest absolute Gasteiger partial charge is 0.261 e. The van der Waals surface area contributed by atoms with Crippen molar-refractivity contribution in [1.29, 1.82) is 0 Å². The van der Waals surface area contributed by atoms with Crippen LogP contribution in [-0.4, -0.2) is 21.4 Å². The summed E-state index contributed by atoms with van der Waals surface area (Å²) in [6.45, 7) is 0. The van der Waals surface area contributed by atoms with Gasteiger partial charge in [-0.05, 0) is 65.2 Å². The van der Waals surface area contributed by atoms with Gasteiger partial charge in [-0.1, -0.05) is 54.6 Å². The van der Waals surface area contributed by atoms with E-state index in [1.165, 1.54) is 12.1 Å². The van der Waals surface area contributed by atoms with E-state index < -0.39 is 10.0 Å². The first-order valence-electron chi connectivity index (χ1n) is 10.6. The Balaban J connectivity index is 1.35. The Morgan fingerprint density at radius 1 is 0.735 bits per heavy atom. The van der Waals surface area contributed by atoms with E-state index >= 15 is 0 Å². The van der Waals surface area contributed by atoms with Crippen molar-refractivity contribution in [1.82, 2.24) is 0 Å². The van der Waals surface area contributed by atoms with Crippen LogP contribution in [-0.2, 0) is 21.2 Å². The van der Waals surface area contributed by atoms with Crippen LogP contribution < -0.4 is 14.8 Å². The van der Waals surface area contributed by atoms with Gasteiger partial charge in [0.1, 0.15) is 5.75 Å². The van der Waals surface area contributed by atoms with Crippen LogP contribution in [0.2, 0.25) is 0 Å². The number of amides is 1. The SMILES string of the molecule is COc1ccc(NS(=O)(=O)c2ccc(NC(=O)Cc3ccc(-c4ccccc4)cc3)cc2)cc1. The Kier molecular flexibility index (Phi) is 6.94. The highest BCUT2D eigenvalue weighted by Crippen LogP contribution is 2.22. The van der Waals surface area contributed by atoms with Gasteiger partial charge in [-0.25, -0.2) is 8.42 Å². The molecule has 0 fully saturated rings. The van der Waals surface area contributed by atoms with E-state index in [1.807, 2.05) is 54.6 Å². The maximum Gasteiger partial charge on any atom is 0.261 e. The summed E-state index contributed by atoms with van der Waals surface area (Å²) in [4.78, 5) is 12.6. The number of anilines is 2. The molecule has 0 aromatic heterocycles. The van der Waals surface area contributed by atoms with Crippen molar-refractivity contribution >= 4 is 27.3 Å². The van der Waals surface area contributed by atoms with Gasteiger partial charge in [-0.3, -0.25) is 9.52 Å². The maximum atomic E-state index is 12.6. The summed E-state index contributed by atoms with van der Waals surface area (Å²) in [5.74, 6) is 0.453. The Bertz CT molecular complexity index is 1350. The lowest BCUT2D eigenvalue weighted by atomic mass is 10.0. The number of carbonyl (C=O) groups excluding carboxylic acids is 1. The van der Waals surface area contributed by atoms with Gasteiger partial charge in [-0.15, -0.1) is 0 Å². The van der Waals surface area contributed by atoms with E-state index in [0.29, 0.717) is 17.1 Å². The Hall–Kier alpha value is -4.10. The van der Waals surface area contributed by atoms with Crippen molar-refractivity contribution in [2.75, 3.05) is 17.1 Å². The molecule has 172 valence electrons. The number of sulfonamides is 1. The minimum Gasteiger partial charge on any atom is -0.497 e. The number of rotatable bonds is 8. The number of nitrogens with one attached hydrogen (secondary N) is 2. The summed E-state index contributed by atoms with van der Waals surface area (Å²) in [5.41, 5.74) is 4.05. The molecule has 0 unspecified atom stereocenters. The predicted octanol–water partition coefficient (Wildman–Crippen LogP) is 5.34. The lowest BCUT2D eigenvalue weighted by Crippen LogP contribution is -2.15. The minimum atomic E-state index is -3.76. The fraction of sp³-hybridized carbons (Fsp3) is 0.0741. The normalized spacial score (nSPS) is 11.0. The lowest BCUT2D eigenvalue weighted by molar-refractivity contribution is -0.115. The highest BCUT2D eigenvalue weighted by atomic mass is 32.2. The van der Waals surface area contributed by atoms with E-state index in [1.54, 1.807) is 43.5 Å². The number of hydrogen-bond acceptors (Lipinski definition) is 4. The first kappa shape index (κ1) is 23.1. The molecule has 0 aliphatic heterocycles. The number of methoxy groups -OCH3 is 1. The molecule has 0 heterocycles. The predicted molar refractivity (Wildman–Crippen MR) is 134 cm³/mol. The second-order valence-electron chi connectivity index (χ2n) is 7.65. The molecule has 1 amide bonds. The van der Waals surface area contributed by atoms with Crippen LogP contribution in [0.4, 0.5) is 11.4 Å². The van der Waals surface area contributed by atoms with E-state index in [9.17, 15) is 13.2 Å². The number of ether oxygens (including phenoxy) is 1. The summed E-state index contributed by atoms with van der Waals surface area (Å²) < 4.78 is 32.9. The molecule has 0 bridgehead atoms. The molecule has 4 aromatic carbocycles. The van der Waals surface area contributed by atoms with Crippen molar-refractivity contribution in [3.8, 4) is 16.9 Å². The number of carbonyl (C=O) groups is 1. The highest BCUT2D eigenvalue weighted by Gasteiger charge is 2.14. The van der Waals surface area contributed by atoms with Crippen LogP contribution in [0.5, 0.6) is 5.75 Å². The van der Waals surface area contributed by atoms with Crippen LogP contribution in [0.3, 0.4) is 0 Å². The van der Waals surface area contributed by atoms with Crippen LogP contribution in [0.1, 0.15) is 5.56 Å². The van der Waals surface area contributed by atoms with Gasteiger partial charge >= 0.3 is 0 Å². The minimum absolute atomic E-state index is 0.0952. The molecule has 0 atom stereocenters. The Morgan fingerprint density at radius 3 is 1.94 bits per heavy atom. The fourth-order valence-corrected chi connectivity index (χ4v) is 4.49. The third-order valence-corrected chi connectivity index (χ3v) is 6.61. The van der Waals surface area contributed by atoms with Gasteiger partial charge in [0, 0.05) is 11.4 Å². The molecule has 4 rings (SSSR count). The molecule has 0 aliphatic carbocycles. The molecule has 0 saturated carbocycles. The summed E-state index contributed by atoms with van der Waals surface area (Å²) in [7, 11) is -2.21. The molecule has 34 heavy (non-hydrogen) atoms. The van der Waals surface area contributed by atoms with E-state index in [0.717, 1.165) is 16.7 Å². The van der Waals surface area contributed by atoms with Gasteiger partial charge in [0.2, 0.25) is 5.91 Å². The lowest BCUT2D eigenvalue weighted by Gasteiger charge is -2.10. The molecule has 0 spiro atoms. The van der Waals surface area contributed by atoms with Gasteiger partial charge < -0.3 is 10.1 Å². The van der Waals surface area contributed by atoms with Crippen molar-refractivity contribution in [3.05, 3.63) is 109 Å². The van der Waals surface area contributed by atoms with Crippen molar-refractivity contribution in [3.63, 3.8) is 0 Å². The molecule has 2 N–H and O–H groups in total. The molecule has 0 radical (unpaired) electrons. The van der Waals surface area contributed by atoms with Crippen LogP contribution in [0.25, 0.3) is 11.1 Å². The van der Waals surface area contributed by atoms with Crippen LogP contribution in [0.15, 0.2) is 108 Å². The largest absolute Gasteiger partial charge is 0.497 e. The first-order valence-corrected chi connectivity index (χ1v) is 12.1. The zero-order chi connectivity index (χ0) is 24.0. The van der Waals surface area contributed by atoms with Gasteiger partial charge in [0.15, 0.2) is 0 Å². The molecular formula is C27H24N2O4S. The van der Waals surface area contributed by atoms with Gasteiger partial charge in [0.05, 0.1) is 18.4 Å². The second-order valence-corrected chi connectivity index (χ2v) is 9.33. The first-order chi connectivity index (χ1) is 16.4. The molecule has 4 aromatic rings. The Labute approximate surface area is 199 Å². The van der Waals surface area contributed by atoms with E-state index in [2.05, 4.69) is 10.0 Å². The van der Waals surface area contributed by atoms with Crippen molar-refractivity contribution in [2.45, 2.75) is 11.3 Å². The standard InChI is InChI=1S/C27H24N2O4S/c1-33-25-15-11-24(12-16-25)29-34(31,32)26-17-13-23(14-18-26)28-27(30)19-20-7-9-22(10-8-20)21-5-3-2-4-6-21/h2-18,29H,19H2,1H3,(H,28,30). The van der Waals surface area contributed by atoms with Crippen molar-refractivity contribution < 1.29 is 17.9 Å². The zero-order valence-electron chi connectivity index (χ0n) is 18.6. The molecule has 6 nitrogen and oxygen atoms in total. The third-order valence-electron chi connectivity index (χ3n) is 5.22. The monoisotopic (exact) mass is 472 g/mol. The maximum absolute atomic E-state index is 12.6. The molecule has 0 aliphatic rings. The van der Waals surface area contributed by atoms with E-state index in [4.69, 9.17) is 4.74 Å². The fourth-order valence-electron chi connectivity index (χ4n) is 3.43.